The smallest absolute Gasteiger partial charge is 0.226 e. The summed E-state index contributed by atoms with van der Waals surface area (Å²) in [6.45, 7) is 0.577. The standard InChI is InChI=1S/C15H20F2N2O/c1-19(14-4-2-3-11(14)9-18)15(20)8-10-5-6-12(16)13(17)7-10/h5-7,11,14H,2-4,8-9,18H2,1H3. The molecule has 2 atom stereocenters. The minimum atomic E-state index is -0.918. The topological polar surface area (TPSA) is 46.3 Å². The number of carbonyl (C=O) groups excluding carboxylic acids is 1. The van der Waals surface area contributed by atoms with Crippen LogP contribution in [-0.2, 0) is 11.2 Å². The highest BCUT2D eigenvalue weighted by Gasteiger charge is 2.31. The van der Waals surface area contributed by atoms with Crippen molar-refractivity contribution in [2.24, 2.45) is 11.7 Å². The third-order valence-corrected chi connectivity index (χ3v) is 4.15. The average Bonchev–Trinajstić information content (AvgIpc) is 2.90. The number of hydrogen-bond donors (Lipinski definition) is 1. The molecule has 1 aliphatic carbocycles. The van der Waals surface area contributed by atoms with Gasteiger partial charge in [0.25, 0.3) is 0 Å². The van der Waals surface area contributed by atoms with Crippen molar-refractivity contribution >= 4 is 5.91 Å². The highest BCUT2D eigenvalue weighted by Crippen LogP contribution is 2.28. The van der Waals surface area contributed by atoms with Gasteiger partial charge in [0.2, 0.25) is 5.91 Å². The molecule has 1 aromatic carbocycles. The van der Waals surface area contributed by atoms with Gasteiger partial charge < -0.3 is 10.6 Å². The van der Waals surface area contributed by atoms with Gasteiger partial charge in [-0.1, -0.05) is 12.5 Å². The lowest BCUT2D eigenvalue weighted by atomic mass is 10.0. The van der Waals surface area contributed by atoms with Gasteiger partial charge in [-0.3, -0.25) is 4.79 Å². The van der Waals surface area contributed by atoms with Crippen LogP contribution in [0.3, 0.4) is 0 Å². The Morgan fingerprint density at radius 3 is 2.75 bits per heavy atom. The zero-order valence-electron chi connectivity index (χ0n) is 11.6. The van der Waals surface area contributed by atoms with E-state index in [9.17, 15) is 13.6 Å². The van der Waals surface area contributed by atoms with Crippen molar-refractivity contribution in [2.75, 3.05) is 13.6 Å². The summed E-state index contributed by atoms with van der Waals surface area (Å²) < 4.78 is 26.0. The van der Waals surface area contributed by atoms with Crippen LogP contribution >= 0.6 is 0 Å². The van der Waals surface area contributed by atoms with Crippen molar-refractivity contribution in [2.45, 2.75) is 31.7 Å². The molecular weight excluding hydrogens is 262 g/mol. The van der Waals surface area contributed by atoms with E-state index < -0.39 is 11.6 Å². The molecule has 0 radical (unpaired) electrons. The van der Waals surface area contributed by atoms with Gasteiger partial charge in [-0.15, -0.1) is 0 Å². The molecule has 1 aromatic rings. The van der Waals surface area contributed by atoms with E-state index in [0.717, 1.165) is 31.4 Å². The summed E-state index contributed by atoms with van der Waals surface area (Å²) in [5.41, 5.74) is 6.21. The van der Waals surface area contributed by atoms with E-state index in [-0.39, 0.29) is 18.4 Å². The Kier molecular flexibility index (Phi) is 4.70. The van der Waals surface area contributed by atoms with Gasteiger partial charge in [0.15, 0.2) is 11.6 Å². The van der Waals surface area contributed by atoms with Crippen LogP contribution in [0.25, 0.3) is 0 Å². The summed E-state index contributed by atoms with van der Waals surface area (Å²) in [4.78, 5) is 13.9. The lowest BCUT2D eigenvalue weighted by Gasteiger charge is -2.29. The molecule has 1 fully saturated rings. The molecule has 20 heavy (non-hydrogen) atoms. The molecule has 1 aliphatic rings. The number of nitrogens with two attached hydrogens (primary N) is 1. The Balaban J connectivity index is 2.02. The normalized spacial score (nSPS) is 22.0. The maximum atomic E-state index is 13.1. The van der Waals surface area contributed by atoms with E-state index in [0.29, 0.717) is 18.0 Å². The predicted octanol–water partition coefficient (Wildman–Crippen LogP) is 2.09. The van der Waals surface area contributed by atoms with Gasteiger partial charge >= 0.3 is 0 Å². The molecule has 2 N–H and O–H groups in total. The highest BCUT2D eigenvalue weighted by molar-refractivity contribution is 5.78. The van der Waals surface area contributed by atoms with Crippen LogP contribution in [-0.4, -0.2) is 30.4 Å². The van der Waals surface area contributed by atoms with Crippen LogP contribution in [0.1, 0.15) is 24.8 Å². The van der Waals surface area contributed by atoms with Gasteiger partial charge in [-0.2, -0.15) is 0 Å². The van der Waals surface area contributed by atoms with E-state index in [1.54, 1.807) is 11.9 Å². The Bertz CT molecular complexity index is 493. The number of hydrogen-bond acceptors (Lipinski definition) is 2. The lowest BCUT2D eigenvalue weighted by Crippen LogP contribution is -2.42. The minimum Gasteiger partial charge on any atom is -0.342 e. The molecule has 1 saturated carbocycles. The molecule has 0 aromatic heterocycles. The van der Waals surface area contributed by atoms with Crippen molar-refractivity contribution < 1.29 is 13.6 Å². The maximum absolute atomic E-state index is 13.1. The van der Waals surface area contributed by atoms with Crippen molar-refractivity contribution in [3.05, 3.63) is 35.4 Å². The van der Waals surface area contributed by atoms with Crippen molar-refractivity contribution in [1.29, 1.82) is 0 Å². The first-order valence-electron chi connectivity index (χ1n) is 6.92. The van der Waals surface area contributed by atoms with Crippen molar-refractivity contribution in [1.82, 2.24) is 4.90 Å². The molecule has 3 nitrogen and oxygen atoms in total. The molecule has 0 saturated heterocycles. The summed E-state index contributed by atoms with van der Waals surface area (Å²) in [7, 11) is 1.76. The number of likely N-dealkylation sites (N-methyl/N-ethyl adjacent to an activating group) is 1. The molecule has 110 valence electrons. The van der Waals surface area contributed by atoms with Crippen LogP contribution in [0.5, 0.6) is 0 Å². The lowest BCUT2D eigenvalue weighted by molar-refractivity contribution is -0.131. The molecule has 0 aliphatic heterocycles. The molecule has 0 bridgehead atoms. The summed E-state index contributed by atoms with van der Waals surface area (Å²) >= 11 is 0. The van der Waals surface area contributed by atoms with Crippen LogP contribution in [0, 0.1) is 17.6 Å². The number of halogens is 2. The Hall–Kier alpha value is -1.49. The predicted molar refractivity (Wildman–Crippen MR) is 73.0 cm³/mol. The van der Waals surface area contributed by atoms with Gasteiger partial charge in [0, 0.05) is 13.1 Å². The SMILES string of the molecule is CN(C(=O)Cc1ccc(F)c(F)c1)C1CCCC1CN. The van der Waals surface area contributed by atoms with E-state index in [4.69, 9.17) is 5.73 Å². The number of nitrogens with zero attached hydrogens (tertiary/aromatic N) is 1. The molecule has 2 unspecified atom stereocenters. The number of carbonyl (C=O) groups is 1. The fourth-order valence-electron chi connectivity index (χ4n) is 2.94. The number of benzene rings is 1. The zero-order chi connectivity index (χ0) is 14.7. The second-order valence-electron chi connectivity index (χ2n) is 5.42. The van der Waals surface area contributed by atoms with Crippen molar-refractivity contribution in [3.8, 4) is 0 Å². The molecule has 2 rings (SSSR count). The Morgan fingerprint density at radius 1 is 1.35 bits per heavy atom. The fraction of sp³-hybridized carbons (Fsp3) is 0.533. The highest BCUT2D eigenvalue weighted by atomic mass is 19.2. The molecule has 0 spiro atoms. The Morgan fingerprint density at radius 2 is 2.10 bits per heavy atom. The third-order valence-electron chi connectivity index (χ3n) is 4.15. The van der Waals surface area contributed by atoms with Gasteiger partial charge in [0.1, 0.15) is 0 Å². The van der Waals surface area contributed by atoms with Crippen LogP contribution in [0.4, 0.5) is 8.78 Å². The fourth-order valence-corrected chi connectivity index (χ4v) is 2.94. The first kappa shape index (κ1) is 14.9. The summed E-state index contributed by atoms with van der Waals surface area (Å²) in [6, 6.07) is 3.74. The quantitative estimate of drug-likeness (QED) is 0.919. The molecule has 5 heteroatoms. The second kappa shape index (κ2) is 6.31. The van der Waals surface area contributed by atoms with E-state index in [1.807, 2.05) is 0 Å². The van der Waals surface area contributed by atoms with Gasteiger partial charge in [-0.05, 0) is 43.0 Å². The first-order chi connectivity index (χ1) is 9.52. The minimum absolute atomic E-state index is 0.0821. The van der Waals surface area contributed by atoms with E-state index in [1.165, 1.54) is 6.07 Å². The Labute approximate surface area is 117 Å². The zero-order valence-corrected chi connectivity index (χ0v) is 11.6. The van der Waals surface area contributed by atoms with Crippen LogP contribution in [0.2, 0.25) is 0 Å². The summed E-state index contributed by atoms with van der Waals surface area (Å²) in [6.07, 6.45) is 3.17. The summed E-state index contributed by atoms with van der Waals surface area (Å²) in [5.74, 6) is -1.55. The molecule has 0 heterocycles. The number of rotatable bonds is 4. The summed E-state index contributed by atoms with van der Waals surface area (Å²) in [5, 5.41) is 0. The van der Waals surface area contributed by atoms with Crippen LogP contribution in [0.15, 0.2) is 18.2 Å². The van der Waals surface area contributed by atoms with E-state index in [2.05, 4.69) is 0 Å². The van der Waals surface area contributed by atoms with Crippen LogP contribution < -0.4 is 5.73 Å². The average molecular weight is 282 g/mol. The molecular formula is C15H20F2N2O. The van der Waals surface area contributed by atoms with Crippen molar-refractivity contribution in [3.63, 3.8) is 0 Å². The maximum Gasteiger partial charge on any atom is 0.226 e. The first-order valence-corrected chi connectivity index (χ1v) is 6.92. The third kappa shape index (κ3) is 3.15. The van der Waals surface area contributed by atoms with Gasteiger partial charge in [0.05, 0.1) is 6.42 Å². The monoisotopic (exact) mass is 282 g/mol. The molecule has 1 amide bonds. The number of amides is 1. The van der Waals surface area contributed by atoms with E-state index >= 15 is 0 Å². The largest absolute Gasteiger partial charge is 0.342 e. The van der Waals surface area contributed by atoms with Gasteiger partial charge in [-0.25, -0.2) is 8.78 Å². The second-order valence-corrected chi connectivity index (χ2v) is 5.42.